The van der Waals surface area contributed by atoms with Gasteiger partial charge in [-0.05, 0) is 122 Å². The molecule has 444 valence electrons. The molecule has 0 aromatic heterocycles. The summed E-state index contributed by atoms with van der Waals surface area (Å²) in [5, 5.41) is 31.5. The maximum absolute atomic E-state index is 13.1. The lowest BCUT2D eigenvalue weighted by atomic mass is 9.98. The van der Waals surface area contributed by atoms with Crippen LogP contribution in [0.2, 0.25) is 0 Å². The number of unbranched alkanes of at least 4 members (excludes halogenated alkanes) is 13. The van der Waals surface area contributed by atoms with Crippen molar-refractivity contribution in [2.45, 2.75) is 250 Å². The van der Waals surface area contributed by atoms with Gasteiger partial charge in [0.2, 0.25) is 0 Å². The van der Waals surface area contributed by atoms with Gasteiger partial charge in [0.15, 0.2) is 24.6 Å². The van der Waals surface area contributed by atoms with Gasteiger partial charge in [-0.15, -0.1) is 0 Å². The molecule has 6 unspecified atom stereocenters. The van der Waals surface area contributed by atoms with Gasteiger partial charge in [-0.3, -0.25) is 14.4 Å². The fraction of sp³-hybridized carbons (Fsp3) is 0.612. The SMILES string of the molecule is CC/C=C\C/C=C\C/C=C\C/C=C\C/C=C\C/C=C\CCC(=O)OCC(COC1OC(C(=O)O)C(O)C(O)C1OC(=O)CCCCCC/C=C\C/C=C\C/C=C\C/C=C\CC)OC(=O)CCCCCCC/C=C\CCCCCC. The molecule has 12 nitrogen and oxygen atoms in total. The molecule has 1 heterocycles. The van der Waals surface area contributed by atoms with Crippen LogP contribution in [0, 0.1) is 0 Å². The number of rotatable bonds is 49. The lowest BCUT2D eigenvalue weighted by Crippen LogP contribution is -2.61. The summed E-state index contributed by atoms with van der Waals surface area (Å²) in [5.74, 6) is -3.29. The van der Waals surface area contributed by atoms with Gasteiger partial charge in [-0.25, -0.2) is 4.79 Å². The molecule has 0 radical (unpaired) electrons. The predicted molar refractivity (Wildman–Crippen MR) is 321 cm³/mol. The van der Waals surface area contributed by atoms with Crippen LogP contribution < -0.4 is 0 Å². The van der Waals surface area contributed by atoms with Crippen molar-refractivity contribution in [1.82, 2.24) is 0 Å². The number of allylic oxidation sites excluding steroid dienone is 22. The molecule has 3 N–H and O–H groups in total. The monoisotopic (exact) mass is 1100 g/mol. The van der Waals surface area contributed by atoms with Gasteiger partial charge in [0.1, 0.15) is 18.8 Å². The molecule has 6 atom stereocenters. The highest BCUT2D eigenvalue weighted by Crippen LogP contribution is 2.26. The minimum Gasteiger partial charge on any atom is -0.479 e. The summed E-state index contributed by atoms with van der Waals surface area (Å²) >= 11 is 0. The van der Waals surface area contributed by atoms with E-state index in [0.717, 1.165) is 128 Å². The highest BCUT2D eigenvalue weighted by Gasteiger charge is 2.50. The zero-order valence-corrected chi connectivity index (χ0v) is 48.8. The van der Waals surface area contributed by atoms with E-state index in [2.05, 4.69) is 142 Å². The van der Waals surface area contributed by atoms with Crippen LogP contribution in [0.3, 0.4) is 0 Å². The van der Waals surface area contributed by atoms with E-state index in [4.69, 9.17) is 23.7 Å². The van der Waals surface area contributed by atoms with Gasteiger partial charge >= 0.3 is 23.9 Å². The first-order chi connectivity index (χ1) is 38.6. The van der Waals surface area contributed by atoms with Crippen molar-refractivity contribution in [3.63, 3.8) is 0 Å². The van der Waals surface area contributed by atoms with Crippen molar-refractivity contribution >= 4 is 23.9 Å². The number of aliphatic hydroxyl groups excluding tert-OH is 2. The van der Waals surface area contributed by atoms with Crippen molar-refractivity contribution in [3.8, 4) is 0 Å². The molecular weight excluding hydrogens is 997 g/mol. The van der Waals surface area contributed by atoms with E-state index in [0.29, 0.717) is 19.3 Å². The summed E-state index contributed by atoms with van der Waals surface area (Å²) in [6.45, 7) is 5.65. The number of esters is 3. The van der Waals surface area contributed by atoms with Gasteiger partial charge in [-0.2, -0.15) is 0 Å². The van der Waals surface area contributed by atoms with Gasteiger partial charge in [0.05, 0.1) is 6.61 Å². The van der Waals surface area contributed by atoms with Crippen LogP contribution in [0.4, 0.5) is 0 Å². The van der Waals surface area contributed by atoms with Crippen molar-refractivity contribution in [2.75, 3.05) is 13.2 Å². The molecule has 1 aliphatic heterocycles. The Morgan fingerprint density at radius 3 is 1.28 bits per heavy atom. The number of aliphatic carboxylic acids is 1. The Labute approximate surface area is 477 Å². The number of carbonyl (C=O) groups excluding carboxylic acids is 3. The second-order valence-electron chi connectivity index (χ2n) is 19.9. The first-order valence-electron chi connectivity index (χ1n) is 30.2. The summed E-state index contributed by atoms with van der Waals surface area (Å²) in [4.78, 5) is 51.1. The maximum Gasteiger partial charge on any atom is 0.335 e. The molecule has 1 fully saturated rings. The summed E-state index contributed by atoms with van der Waals surface area (Å²) in [7, 11) is 0. The highest BCUT2D eigenvalue weighted by molar-refractivity contribution is 5.74. The van der Waals surface area contributed by atoms with E-state index >= 15 is 0 Å². The normalized spacial score (nSPS) is 18.8. The largest absolute Gasteiger partial charge is 0.479 e. The van der Waals surface area contributed by atoms with Crippen molar-refractivity contribution in [3.05, 3.63) is 134 Å². The Hall–Kier alpha value is -5.14. The summed E-state index contributed by atoms with van der Waals surface area (Å²) in [5.41, 5.74) is 0. The van der Waals surface area contributed by atoms with Crippen molar-refractivity contribution in [1.29, 1.82) is 0 Å². The molecule has 1 aliphatic rings. The molecule has 12 heteroatoms. The van der Waals surface area contributed by atoms with Crippen LogP contribution in [-0.2, 0) is 42.9 Å². The van der Waals surface area contributed by atoms with Crippen molar-refractivity contribution < 1.29 is 58.2 Å². The minimum atomic E-state index is -1.93. The molecule has 0 aromatic carbocycles. The number of hydrogen-bond donors (Lipinski definition) is 3. The molecule has 0 spiro atoms. The maximum atomic E-state index is 13.1. The van der Waals surface area contributed by atoms with E-state index in [1.165, 1.54) is 25.7 Å². The Bertz CT molecular complexity index is 1880. The number of carboxylic acid groups (broad SMARTS) is 1. The first-order valence-corrected chi connectivity index (χ1v) is 30.2. The van der Waals surface area contributed by atoms with Gasteiger partial charge in [0.25, 0.3) is 0 Å². The van der Waals surface area contributed by atoms with Crippen LogP contribution in [0.25, 0.3) is 0 Å². The summed E-state index contributed by atoms with van der Waals surface area (Å²) < 4.78 is 28.3. The molecule has 0 aromatic rings. The molecule has 0 saturated carbocycles. The summed E-state index contributed by atoms with van der Waals surface area (Å²) in [6, 6.07) is 0. The number of ether oxygens (including phenoxy) is 5. The molecule has 79 heavy (non-hydrogen) atoms. The van der Waals surface area contributed by atoms with Gasteiger partial charge in [-0.1, -0.05) is 206 Å². The van der Waals surface area contributed by atoms with E-state index < -0.39 is 67.3 Å². The summed E-state index contributed by atoms with van der Waals surface area (Å²) in [6.07, 6.45) is 62.8. The van der Waals surface area contributed by atoms with Gasteiger partial charge < -0.3 is 39.0 Å². The Balaban J connectivity index is 2.75. The average molecular weight is 1100 g/mol. The Morgan fingerprint density at radius 2 is 0.823 bits per heavy atom. The second kappa shape index (κ2) is 53.5. The standard InChI is InChI=1S/C67H104O12/c1-4-7-10-13-16-19-22-25-27-29-30-32-33-36-38-41-44-47-50-53-59(68)75-56-58(77-60(69)54-51-48-45-42-39-35-24-21-18-15-12-9-6-3)57-76-67-65(63(72)62(71)64(79-67)66(73)74)78-61(70)55-52-49-46-43-40-37-34-31-28-26-23-20-17-14-11-8-5-2/h7-8,10-11,16-17,19-21,24-28,30,32,34,36-38,44,47,58,62-65,67,71-72H,4-6,9,12-15,18,22-23,29,31,33,35,39-43,45-46,48-57H2,1-3H3,(H,73,74)/b10-7-,11-8-,19-16-,20-17-,24-21-,27-25-,28-26-,32-30-,37-34-,38-36-,47-44-. The lowest BCUT2D eigenvalue weighted by Gasteiger charge is -2.40. The third kappa shape index (κ3) is 43.4. The van der Waals surface area contributed by atoms with Gasteiger partial charge in [0, 0.05) is 19.3 Å². The molecule has 1 rings (SSSR count). The number of carboxylic acids is 1. The van der Waals surface area contributed by atoms with Crippen molar-refractivity contribution in [2.24, 2.45) is 0 Å². The van der Waals surface area contributed by atoms with E-state index in [-0.39, 0.29) is 25.9 Å². The van der Waals surface area contributed by atoms with Crippen LogP contribution >= 0.6 is 0 Å². The molecule has 0 amide bonds. The van der Waals surface area contributed by atoms with Crippen LogP contribution in [-0.4, -0.2) is 89.2 Å². The molecule has 0 aliphatic carbocycles. The predicted octanol–water partition coefficient (Wildman–Crippen LogP) is 15.8. The number of carbonyl (C=O) groups is 4. The zero-order chi connectivity index (χ0) is 57.5. The second-order valence-corrected chi connectivity index (χ2v) is 19.9. The fourth-order valence-electron chi connectivity index (χ4n) is 8.14. The number of aliphatic hydroxyl groups is 2. The first kappa shape index (κ1) is 71.9. The van der Waals surface area contributed by atoms with E-state index in [1.807, 2.05) is 12.2 Å². The Kier molecular flexibility index (Phi) is 48.7. The number of hydrogen-bond acceptors (Lipinski definition) is 11. The lowest BCUT2D eigenvalue weighted by molar-refractivity contribution is -0.301. The fourth-order valence-corrected chi connectivity index (χ4v) is 8.14. The third-order valence-corrected chi connectivity index (χ3v) is 12.7. The Morgan fingerprint density at radius 1 is 0.430 bits per heavy atom. The quantitative estimate of drug-likeness (QED) is 0.0228. The average Bonchev–Trinajstić information content (AvgIpc) is 3.47. The smallest absolute Gasteiger partial charge is 0.335 e. The molecular formula is C67H104O12. The zero-order valence-electron chi connectivity index (χ0n) is 48.8. The molecule has 0 bridgehead atoms. The van der Waals surface area contributed by atoms with Crippen LogP contribution in [0.1, 0.15) is 213 Å². The van der Waals surface area contributed by atoms with Crippen LogP contribution in [0.15, 0.2) is 134 Å². The topological polar surface area (TPSA) is 175 Å². The minimum absolute atomic E-state index is 0.0172. The van der Waals surface area contributed by atoms with Crippen LogP contribution in [0.5, 0.6) is 0 Å². The van der Waals surface area contributed by atoms with E-state index in [1.54, 1.807) is 0 Å². The third-order valence-electron chi connectivity index (χ3n) is 12.7. The molecule has 1 saturated heterocycles. The van der Waals surface area contributed by atoms with E-state index in [9.17, 15) is 34.5 Å². The highest BCUT2D eigenvalue weighted by atomic mass is 16.7.